The molecule has 8 heteroatoms. The summed E-state index contributed by atoms with van der Waals surface area (Å²) in [5, 5.41) is 29.3. The van der Waals surface area contributed by atoms with E-state index in [0.717, 1.165) is 12.3 Å². The first-order chi connectivity index (χ1) is 7.47. The number of aromatic nitrogens is 1. The van der Waals surface area contributed by atoms with Crippen LogP contribution < -0.4 is 5.73 Å². The first-order valence-corrected chi connectivity index (χ1v) is 4.71. The highest BCUT2D eigenvalue weighted by Gasteiger charge is 2.22. The van der Waals surface area contributed by atoms with Crippen LogP contribution in [-0.2, 0) is 0 Å². The van der Waals surface area contributed by atoms with E-state index in [2.05, 4.69) is 4.98 Å². The average Bonchev–Trinajstić information content (AvgIpc) is 2.27. The summed E-state index contributed by atoms with van der Waals surface area (Å²) in [6, 6.07) is 1.05. The number of aliphatic hydroxyl groups excluding tert-OH is 2. The third-order valence-electron chi connectivity index (χ3n) is 1.99. The van der Waals surface area contributed by atoms with Crippen molar-refractivity contribution in [3.05, 3.63) is 33.1 Å². The SMILES string of the molecule is NCC(O)C(O)c1cc([N+](=O)[O-])cnc1Cl. The van der Waals surface area contributed by atoms with Crippen LogP contribution in [-0.4, -0.2) is 32.8 Å². The summed E-state index contributed by atoms with van der Waals surface area (Å²) in [7, 11) is 0. The zero-order valence-electron chi connectivity index (χ0n) is 8.08. The average molecular weight is 248 g/mol. The van der Waals surface area contributed by atoms with E-state index in [0.29, 0.717) is 0 Å². The van der Waals surface area contributed by atoms with Gasteiger partial charge in [0, 0.05) is 18.2 Å². The Bertz CT molecular complexity index is 401. The molecule has 0 aliphatic carbocycles. The summed E-state index contributed by atoms with van der Waals surface area (Å²) in [6.45, 7) is -0.194. The number of aliphatic hydroxyl groups is 2. The van der Waals surface area contributed by atoms with Crippen molar-refractivity contribution in [1.82, 2.24) is 4.98 Å². The lowest BCUT2D eigenvalue weighted by atomic mass is 10.1. The lowest BCUT2D eigenvalue weighted by molar-refractivity contribution is -0.385. The number of rotatable bonds is 4. The topological polar surface area (TPSA) is 123 Å². The van der Waals surface area contributed by atoms with Crippen LogP contribution in [0.4, 0.5) is 5.69 Å². The van der Waals surface area contributed by atoms with Crippen LogP contribution in [0.3, 0.4) is 0 Å². The highest BCUT2D eigenvalue weighted by molar-refractivity contribution is 6.30. The second-order valence-corrected chi connectivity index (χ2v) is 3.44. The van der Waals surface area contributed by atoms with Gasteiger partial charge in [0.05, 0.1) is 11.0 Å². The number of halogens is 1. The Kier molecular flexibility index (Phi) is 4.13. The smallest absolute Gasteiger partial charge is 0.288 e. The molecule has 1 heterocycles. The maximum Gasteiger partial charge on any atom is 0.288 e. The molecule has 0 amide bonds. The van der Waals surface area contributed by atoms with Crippen LogP contribution in [0, 0.1) is 10.1 Å². The molecule has 0 spiro atoms. The van der Waals surface area contributed by atoms with E-state index in [1.165, 1.54) is 0 Å². The highest BCUT2D eigenvalue weighted by atomic mass is 35.5. The number of hydrogen-bond acceptors (Lipinski definition) is 6. The maximum atomic E-state index is 10.5. The molecule has 2 atom stereocenters. The molecule has 1 aromatic heterocycles. The summed E-state index contributed by atoms with van der Waals surface area (Å²) >= 11 is 5.65. The van der Waals surface area contributed by atoms with Gasteiger partial charge in [0.25, 0.3) is 5.69 Å². The van der Waals surface area contributed by atoms with Gasteiger partial charge in [-0.3, -0.25) is 10.1 Å². The Morgan fingerprint density at radius 1 is 1.62 bits per heavy atom. The van der Waals surface area contributed by atoms with Gasteiger partial charge in [-0.25, -0.2) is 4.98 Å². The van der Waals surface area contributed by atoms with Crippen LogP contribution in [0.1, 0.15) is 11.7 Å². The molecule has 0 fully saturated rings. The molecule has 0 aromatic carbocycles. The summed E-state index contributed by atoms with van der Waals surface area (Å²) in [6.07, 6.45) is -1.68. The van der Waals surface area contributed by atoms with Crippen LogP contribution in [0.2, 0.25) is 5.15 Å². The van der Waals surface area contributed by atoms with Gasteiger partial charge in [-0.2, -0.15) is 0 Å². The van der Waals surface area contributed by atoms with Gasteiger partial charge in [0.15, 0.2) is 0 Å². The Labute approximate surface area is 95.6 Å². The van der Waals surface area contributed by atoms with Gasteiger partial charge in [-0.05, 0) is 0 Å². The fourth-order valence-corrected chi connectivity index (χ4v) is 1.31. The fraction of sp³-hybridized carbons (Fsp3) is 0.375. The van der Waals surface area contributed by atoms with Gasteiger partial charge in [-0.1, -0.05) is 11.6 Å². The molecule has 1 rings (SSSR count). The first-order valence-electron chi connectivity index (χ1n) is 4.33. The van der Waals surface area contributed by atoms with Crippen LogP contribution in [0.5, 0.6) is 0 Å². The molecule has 2 unspecified atom stereocenters. The lowest BCUT2D eigenvalue weighted by Crippen LogP contribution is -2.27. The Balaban J connectivity index is 3.11. The summed E-state index contributed by atoms with van der Waals surface area (Å²) in [4.78, 5) is 13.4. The first kappa shape index (κ1) is 12.8. The van der Waals surface area contributed by atoms with E-state index >= 15 is 0 Å². The zero-order valence-corrected chi connectivity index (χ0v) is 8.83. The lowest BCUT2D eigenvalue weighted by Gasteiger charge is -2.16. The number of pyridine rings is 1. The molecule has 1 aromatic rings. The number of hydrogen-bond donors (Lipinski definition) is 3. The minimum absolute atomic E-state index is 0.0196. The van der Waals surface area contributed by atoms with Crippen molar-refractivity contribution < 1.29 is 15.1 Å². The largest absolute Gasteiger partial charge is 0.389 e. The summed E-state index contributed by atoms with van der Waals surface area (Å²) < 4.78 is 0. The molecule has 0 saturated heterocycles. The molecule has 16 heavy (non-hydrogen) atoms. The molecule has 0 bridgehead atoms. The molecule has 0 aliphatic rings. The molecule has 88 valence electrons. The zero-order chi connectivity index (χ0) is 12.3. The van der Waals surface area contributed by atoms with Crippen molar-refractivity contribution in [2.75, 3.05) is 6.54 Å². The monoisotopic (exact) mass is 247 g/mol. The van der Waals surface area contributed by atoms with E-state index in [1.54, 1.807) is 0 Å². The number of nitrogens with two attached hydrogens (primary N) is 1. The third kappa shape index (κ3) is 2.64. The predicted molar refractivity (Wildman–Crippen MR) is 55.9 cm³/mol. The van der Waals surface area contributed by atoms with Crippen molar-refractivity contribution in [2.45, 2.75) is 12.2 Å². The quantitative estimate of drug-likeness (QED) is 0.391. The van der Waals surface area contributed by atoms with Crippen molar-refractivity contribution in [2.24, 2.45) is 5.73 Å². The van der Waals surface area contributed by atoms with E-state index in [-0.39, 0.29) is 22.9 Å². The molecular formula is C8H10ClN3O4. The molecular weight excluding hydrogens is 238 g/mol. The van der Waals surface area contributed by atoms with Crippen molar-refractivity contribution >= 4 is 17.3 Å². The van der Waals surface area contributed by atoms with Gasteiger partial charge < -0.3 is 15.9 Å². The van der Waals surface area contributed by atoms with E-state index in [4.69, 9.17) is 17.3 Å². The normalized spacial score (nSPS) is 14.5. The maximum absolute atomic E-state index is 10.5. The van der Waals surface area contributed by atoms with Crippen LogP contribution in [0.25, 0.3) is 0 Å². The second-order valence-electron chi connectivity index (χ2n) is 3.08. The van der Waals surface area contributed by atoms with Gasteiger partial charge >= 0.3 is 0 Å². The van der Waals surface area contributed by atoms with Gasteiger partial charge in [0.1, 0.15) is 17.5 Å². The molecule has 7 nitrogen and oxygen atoms in total. The van der Waals surface area contributed by atoms with E-state index in [9.17, 15) is 20.3 Å². The Hall–Kier alpha value is -1.28. The summed E-state index contributed by atoms with van der Waals surface area (Å²) in [5.74, 6) is 0. The highest BCUT2D eigenvalue weighted by Crippen LogP contribution is 2.26. The van der Waals surface area contributed by atoms with Gasteiger partial charge in [0.2, 0.25) is 0 Å². The van der Waals surface area contributed by atoms with Crippen molar-refractivity contribution in [3.8, 4) is 0 Å². The minimum atomic E-state index is -1.40. The van der Waals surface area contributed by atoms with Crippen molar-refractivity contribution in [3.63, 3.8) is 0 Å². The fourth-order valence-electron chi connectivity index (χ4n) is 1.10. The molecule has 0 saturated carbocycles. The standard InChI is InChI=1S/C8H10ClN3O4/c9-8-5(7(14)6(13)2-10)1-4(3-11-8)12(15)16/h1,3,6-7,13-14H,2,10H2. The predicted octanol–water partition coefficient (Wildman–Crippen LogP) is -0.00380. The van der Waals surface area contributed by atoms with E-state index < -0.39 is 17.1 Å². The minimum Gasteiger partial charge on any atom is -0.389 e. The second kappa shape index (κ2) is 5.17. The van der Waals surface area contributed by atoms with Crippen molar-refractivity contribution in [1.29, 1.82) is 0 Å². The number of nitrogens with zero attached hydrogens (tertiary/aromatic N) is 2. The summed E-state index contributed by atoms with van der Waals surface area (Å²) in [5.41, 5.74) is 4.81. The third-order valence-corrected chi connectivity index (χ3v) is 2.30. The molecule has 0 radical (unpaired) electrons. The van der Waals surface area contributed by atoms with Gasteiger partial charge in [-0.15, -0.1) is 0 Å². The number of nitro groups is 1. The van der Waals surface area contributed by atoms with Crippen LogP contribution >= 0.6 is 11.6 Å². The molecule has 4 N–H and O–H groups in total. The van der Waals surface area contributed by atoms with Crippen LogP contribution in [0.15, 0.2) is 12.3 Å². The Morgan fingerprint density at radius 3 is 2.75 bits per heavy atom. The Morgan fingerprint density at radius 2 is 2.25 bits per heavy atom. The molecule has 0 aliphatic heterocycles. The van der Waals surface area contributed by atoms with E-state index in [1.807, 2.05) is 0 Å².